The van der Waals surface area contributed by atoms with Crippen LogP contribution in [0.25, 0.3) is 5.69 Å². The van der Waals surface area contributed by atoms with Gasteiger partial charge in [0.1, 0.15) is 0 Å². The van der Waals surface area contributed by atoms with E-state index in [0.29, 0.717) is 5.56 Å². The van der Waals surface area contributed by atoms with Crippen molar-refractivity contribution in [2.75, 3.05) is 0 Å². The number of aromatic nitrogens is 2. The van der Waals surface area contributed by atoms with Crippen LogP contribution in [0.3, 0.4) is 0 Å². The van der Waals surface area contributed by atoms with Gasteiger partial charge in [-0.1, -0.05) is 42.2 Å². The van der Waals surface area contributed by atoms with Crippen molar-refractivity contribution in [1.82, 2.24) is 15.1 Å². The number of halogens is 3. The number of carbonyl (C=O) groups is 1. The lowest BCUT2D eigenvalue weighted by atomic mass is 10.2. The summed E-state index contributed by atoms with van der Waals surface area (Å²) in [6.07, 6.45) is -1.49. The number of hydrogen-bond donors (Lipinski definition) is 1. The average Bonchev–Trinajstić information content (AvgIpc) is 3.14. The van der Waals surface area contributed by atoms with Crippen LogP contribution < -0.4 is 5.32 Å². The van der Waals surface area contributed by atoms with E-state index in [4.69, 9.17) is 0 Å². The SMILES string of the molecule is O=C(NCc1ccc(-n2cc(C#Cc3ccccc3)cn2)cc1)C(F)(F)F. The second kappa shape index (κ2) is 7.79. The average molecular weight is 369 g/mol. The summed E-state index contributed by atoms with van der Waals surface area (Å²) in [7, 11) is 0. The van der Waals surface area contributed by atoms with Gasteiger partial charge in [-0.25, -0.2) is 4.68 Å². The van der Waals surface area contributed by atoms with Gasteiger partial charge in [0.2, 0.25) is 0 Å². The molecule has 1 amide bonds. The number of alkyl halides is 3. The first-order chi connectivity index (χ1) is 12.9. The van der Waals surface area contributed by atoms with Crippen molar-refractivity contribution < 1.29 is 18.0 Å². The first kappa shape index (κ1) is 18.3. The van der Waals surface area contributed by atoms with Crippen molar-refractivity contribution in [3.8, 4) is 17.5 Å². The lowest BCUT2D eigenvalue weighted by Crippen LogP contribution is -2.36. The molecule has 0 aliphatic heterocycles. The molecule has 1 N–H and O–H groups in total. The molecule has 1 heterocycles. The molecule has 0 saturated carbocycles. The van der Waals surface area contributed by atoms with Gasteiger partial charge in [-0.2, -0.15) is 18.3 Å². The lowest BCUT2D eigenvalue weighted by molar-refractivity contribution is -0.173. The third kappa shape index (κ3) is 4.98. The van der Waals surface area contributed by atoms with E-state index in [2.05, 4.69) is 16.9 Å². The van der Waals surface area contributed by atoms with Gasteiger partial charge in [-0.05, 0) is 29.8 Å². The van der Waals surface area contributed by atoms with E-state index in [-0.39, 0.29) is 6.54 Å². The summed E-state index contributed by atoms with van der Waals surface area (Å²) in [5.74, 6) is 4.10. The molecule has 0 fully saturated rings. The minimum Gasteiger partial charge on any atom is -0.344 e. The smallest absolute Gasteiger partial charge is 0.344 e. The predicted octanol–water partition coefficient (Wildman–Crippen LogP) is 3.45. The number of benzene rings is 2. The maximum Gasteiger partial charge on any atom is 0.471 e. The molecule has 27 heavy (non-hydrogen) atoms. The topological polar surface area (TPSA) is 46.9 Å². The van der Waals surface area contributed by atoms with Gasteiger partial charge in [-0.15, -0.1) is 0 Å². The highest BCUT2D eigenvalue weighted by atomic mass is 19.4. The summed E-state index contributed by atoms with van der Waals surface area (Å²) in [5.41, 5.74) is 2.91. The van der Waals surface area contributed by atoms with Crippen LogP contribution in [0, 0.1) is 11.8 Å². The van der Waals surface area contributed by atoms with Gasteiger partial charge in [0.25, 0.3) is 0 Å². The van der Waals surface area contributed by atoms with Crippen molar-refractivity contribution in [2.45, 2.75) is 12.7 Å². The zero-order chi connectivity index (χ0) is 19.3. The zero-order valence-electron chi connectivity index (χ0n) is 14.0. The van der Waals surface area contributed by atoms with Gasteiger partial charge in [0.15, 0.2) is 0 Å². The first-order valence-electron chi connectivity index (χ1n) is 7.98. The van der Waals surface area contributed by atoms with E-state index in [9.17, 15) is 18.0 Å². The summed E-state index contributed by atoms with van der Waals surface area (Å²) in [5, 5.41) is 6.06. The van der Waals surface area contributed by atoms with E-state index < -0.39 is 12.1 Å². The van der Waals surface area contributed by atoms with Gasteiger partial charge < -0.3 is 5.32 Å². The van der Waals surface area contributed by atoms with Gasteiger partial charge >= 0.3 is 12.1 Å². The van der Waals surface area contributed by atoms with Crippen molar-refractivity contribution >= 4 is 5.91 Å². The van der Waals surface area contributed by atoms with Crippen molar-refractivity contribution in [3.05, 3.63) is 83.7 Å². The highest BCUT2D eigenvalue weighted by Gasteiger charge is 2.38. The summed E-state index contributed by atoms with van der Waals surface area (Å²) in [4.78, 5) is 10.8. The predicted molar refractivity (Wildman–Crippen MR) is 93.9 cm³/mol. The normalized spacial score (nSPS) is 10.8. The van der Waals surface area contributed by atoms with Crippen LogP contribution >= 0.6 is 0 Å². The number of rotatable bonds is 3. The Hall–Kier alpha value is -3.53. The fourth-order valence-corrected chi connectivity index (χ4v) is 2.24. The van der Waals surface area contributed by atoms with Crippen LogP contribution in [0.5, 0.6) is 0 Å². The van der Waals surface area contributed by atoms with E-state index >= 15 is 0 Å². The number of nitrogens with zero attached hydrogens (tertiary/aromatic N) is 2. The second-order valence-electron chi connectivity index (χ2n) is 5.64. The monoisotopic (exact) mass is 369 g/mol. The Balaban J connectivity index is 1.65. The summed E-state index contributed by atoms with van der Waals surface area (Å²) >= 11 is 0. The molecule has 0 aliphatic rings. The maximum absolute atomic E-state index is 12.2. The molecule has 0 saturated heterocycles. The van der Waals surface area contributed by atoms with Crippen LogP contribution in [-0.4, -0.2) is 21.9 Å². The van der Waals surface area contributed by atoms with Crippen LogP contribution in [0.4, 0.5) is 13.2 Å². The Bertz CT molecular complexity index is 981. The fraction of sp³-hybridized carbons (Fsp3) is 0.100. The Morgan fingerprint density at radius 2 is 1.67 bits per heavy atom. The molecule has 0 radical (unpaired) electrons. The third-order valence-electron chi connectivity index (χ3n) is 3.62. The lowest BCUT2D eigenvalue weighted by Gasteiger charge is -2.08. The number of nitrogens with one attached hydrogen (secondary N) is 1. The molecular formula is C20H14F3N3O. The fourth-order valence-electron chi connectivity index (χ4n) is 2.24. The van der Waals surface area contributed by atoms with Gasteiger partial charge in [-0.3, -0.25) is 4.79 Å². The Kier molecular flexibility index (Phi) is 5.27. The second-order valence-corrected chi connectivity index (χ2v) is 5.64. The third-order valence-corrected chi connectivity index (χ3v) is 3.62. The molecule has 4 nitrogen and oxygen atoms in total. The minimum atomic E-state index is -4.88. The Morgan fingerprint density at radius 3 is 2.33 bits per heavy atom. The molecule has 3 rings (SSSR count). The molecule has 3 aromatic rings. The van der Waals surface area contributed by atoms with Crippen molar-refractivity contribution in [3.63, 3.8) is 0 Å². The summed E-state index contributed by atoms with van der Waals surface area (Å²) < 4.78 is 38.1. The first-order valence-corrected chi connectivity index (χ1v) is 7.98. The maximum atomic E-state index is 12.2. The standard InChI is InChI=1S/C20H14F3N3O/c21-20(22,23)19(27)24-12-16-8-10-18(11-9-16)26-14-17(13-25-26)7-6-15-4-2-1-3-5-15/h1-5,8-11,13-14H,12H2,(H,24,27). The zero-order valence-corrected chi connectivity index (χ0v) is 14.0. The van der Waals surface area contributed by atoms with Crippen LogP contribution in [0.15, 0.2) is 67.0 Å². The molecule has 2 aromatic carbocycles. The van der Waals surface area contributed by atoms with Gasteiger partial charge in [0.05, 0.1) is 17.4 Å². The number of amides is 1. The highest BCUT2D eigenvalue weighted by Crippen LogP contribution is 2.15. The number of hydrogen-bond acceptors (Lipinski definition) is 2. The van der Waals surface area contributed by atoms with Crippen LogP contribution in [0.2, 0.25) is 0 Å². The molecule has 7 heteroatoms. The van der Waals surface area contributed by atoms with E-state index in [1.165, 1.54) is 0 Å². The molecule has 0 atom stereocenters. The Morgan fingerprint density at radius 1 is 1.00 bits per heavy atom. The van der Waals surface area contributed by atoms with E-state index in [1.54, 1.807) is 41.3 Å². The summed E-state index contributed by atoms with van der Waals surface area (Å²) in [6, 6.07) is 16.2. The molecule has 0 bridgehead atoms. The molecular weight excluding hydrogens is 355 g/mol. The van der Waals surface area contributed by atoms with Crippen LogP contribution in [-0.2, 0) is 11.3 Å². The molecule has 136 valence electrons. The summed E-state index contributed by atoms with van der Waals surface area (Å²) in [6.45, 7) is -0.203. The number of carbonyl (C=O) groups excluding carboxylic acids is 1. The van der Waals surface area contributed by atoms with Crippen molar-refractivity contribution in [2.24, 2.45) is 0 Å². The van der Waals surface area contributed by atoms with Crippen LogP contribution in [0.1, 0.15) is 16.7 Å². The molecule has 1 aromatic heterocycles. The Labute approximate surface area is 153 Å². The van der Waals surface area contributed by atoms with Crippen molar-refractivity contribution in [1.29, 1.82) is 0 Å². The highest BCUT2D eigenvalue weighted by molar-refractivity contribution is 5.81. The van der Waals surface area contributed by atoms with Gasteiger partial charge in [0, 0.05) is 18.3 Å². The molecule has 0 unspecified atom stereocenters. The molecule has 0 spiro atoms. The minimum absolute atomic E-state index is 0.203. The van der Waals surface area contributed by atoms with E-state index in [0.717, 1.165) is 16.8 Å². The molecule has 0 aliphatic carbocycles. The largest absolute Gasteiger partial charge is 0.471 e. The quantitative estimate of drug-likeness (QED) is 0.719. The van der Waals surface area contributed by atoms with E-state index in [1.807, 2.05) is 35.6 Å².